The van der Waals surface area contributed by atoms with E-state index in [4.69, 9.17) is 4.74 Å². The molecule has 1 amide bonds. The van der Waals surface area contributed by atoms with Crippen molar-refractivity contribution in [3.05, 3.63) is 47.5 Å². The highest BCUT2D eigenvalue weighted by atomic mass is 19.1. The van der Waals surface area contributed by atoms with Crippen molar-refractivity contribution in [1.82, 2.24) is 15.5 Å². The number of benzene rings is 1. The number of rotatable bonds is 6. The second-order valence-electron chi connectivity index (χ2n) is 4.72. The molecule has 0 spiro atoms. The number of amides is 1. The fourth-order valence-corrected chi connectivity index (χ4v) is 1.88. The summed E-state index contributed by atoms with van der Waals surface area (Å²) < 4.78 is 18.8. The zero-order valence-electron chi connectivity index (χ0n) is 12.0. The summed E-state index contributed by atoms with van der Waals surface area (Å²) in [4.78, 5) is 12.0. The van der Waals surface area contributed by atoms with Crippen LogP contribution in [0.25, 0.3) is 0 Å². The van der Waals surface area contributed by atoms with Gasteiger partial charge in [0.15, 0.2) is 0 Å². The number of H-pyrrole nitrogens is 1. The van der Waals surface area contributed by atoms with E-state index in [-0.39, 0.29) is 17.8 Å². The molecule has 0 aliphatic carbocycles. The summed E-state index contributed by atoms with van der Waals surface area (Å²) in [5, 5.41) is 9.32. The van der Waals surface area contributed by atoms with E-state index in [1.807, 2.05) is 6.92 Å². The molecule has 0 fully saturated rings. The highest BCUT2D eigenvalue weighted by Crippen LogP contribution is 2.14. The first kappa shape index (κ1) is 15.0. The normalized spacial score (nSPS) is 12.0. The summed E-state index contributed by atoms with van der Waals surface area (Å²) in [7, 11) is 0. The Balaban J connectivity index is 1.91. The molecule has 1 unspecified atom stereocenters. The summed E-state index contributed by atoms with van der Waals surface area (Å²) in [5.74, 6) is -0.0986. The quantitative estimate of drug-likeness (QED) is 0.859. The second kappa shape index (κ2) is 6.88. The molecule has 21 heavy (non-hydrogen) atoms. The van der Waals surface area contributed by atoms with E-state index in [1.54, 1.807) is 19.1 Å². The highest BCUT2D eigenvalue weighted by molar-refractivity contribution is 5.94. The predicted octanol–water partition coefficient (Wildman–Crippen LogP) is 2.44. The Bertz CT molecular complexity index is 612. The fourth-order valence-electron chi connectivity index (χ4n) is 1.88. The number of halogens is 1. The van der Waals surface area contributed by atoms with Crippen LogP contribution in [0, 0.1) is 12.7 Å². The summed E-state index contributed by atoms with van der Waals surface area (Å²) in [6.45, 7) is 4.07. The smallest absolute Gasteiger partial charge is 0.254 e. The third-order valence-corrected chi connectivity index (χ3v) is 3.12. The molecule has 2 aromatic rings. The molecule has 6 heteroatoms. The van der Waals surface area contributed by atoms with Gasteiger partial charge in [0.1, 0.15) is 17.7 Å². The van der Waals surface area contributed by atoms with Gasteiger partial charge in [-0.05, 0) is 25.5 Å². The Morgan fingerprint density at radius 1 is 1.52 bits per heavy atom. The lowest BCUT2D eigenvalue weighted by Crippen LogP contribution is -2.35. The van der Waals surface area contributed by atoms with Gasteiger partial charge >= 0.3 is 0 Å². The third-order valence-electron chi connectivity index (χ3n) is 3.12. The summed E-state index contributed by atoms with van der Waals surface area (Å²) in [6.07, 6.45) is 1.96. The van der Waals surface area contributed by atoms with Crippen LogP contribution in [0.3, 0.4) is 0 Å². The molecule has 2 N–H and O–H groups in total. The Morgan fingerprint density at radius 2 is 2.33 bits per heavy atom. The number of carbonyl (C=O) groups excluding carboxylic acids is 1. The molecule has 1 aromatic heterocycles. The van der Waals surface area contributed by atoms with Crippen LogP contribution in [0.15, 0.2) is 30.5 Å². The van der Waals surface area contributed by atoms with Crippen LogP contribution in [-0.4, -0.2) is 28.8 Å². The van der Waals surface area contributed by atoms with Crippen molar-refractivity contribution < 1.29 is 13.9 Å². The maximum Gasteiger partial charge on any atom is 0.254 e. The molecule has 1 atom stereocenters. The highest BCUT2D eigenvalue weighted by Gasteiger charge is 2.14. The van der Waals surface area contributed by atoms with Gasteiger partial charge in [0, 0.05) is 11.8 Å². The lowest BCUT2D eigenvalue weighted by molar-refractivity contribution is 0.0925. The molecule has 5 nitrogen and oxygen atoms in total. The second-order valence-corrected chi connectivity index (χ2v) is 4.72. The van der Waals surface area contributed by atoms with E-state index in [0.717, 1.165) is 0 Å². The number of nitrogens with one attached hydrogen (secondary N) is 2. The Morgan fingerprint density at radius 3 is 2.95 bits per heavy atom. The molecule has 0 radical (unpaired) electrons. The van der Waals surface area contributed by atoms with E-state index < -0.39 is 0 Å². The molecule has 0 saturated carbocycles. The third kappa shape index (κ3) is 4.05. The van der Waals surface area contributed by atoms with Gasteiger partial charge in [-0.25, -0.2) is 4.39 Å². The maximum atomic E-state index is 13.1. The van der Waals surface area contributed by atoms with E-state index in [2.05, 4.69) is 15.5 Å². The number of aromatic amines is 1. The van der Waals surface area contributed by atoms with E-state index >= 15 is 0 Å². The molecule has 1 heterocycles. The van der Waals surface area contributed by atoms with Gasteiger partial charge in [-0.2, -0.15) is 5.10 Å². The Kier molecular flexibility index (Phi) is 4.92. The lowest BCUT2D eigenvalue weighted by atomic mass is 10.2. The molecule has 1 aromatic carbocycles. The zero-order valence-corrected chi connectivity index (χ0v) is 12.0. The van der Waals surface area contributed by atoms with E-state index in [1.165, 1.54) is 18.3 Å². The van der Waals surface area contributed by atoms with Crippen molar-refractivity contribution in [2.45, 2.75) is 26.4 Å². The minimum Gasteiger partial charge on any atom is -0.489 e. The van der Waals surface area contributed by atoms with Crippen LogP contribution >= 0.6 is 0 Å². The first-order valence-electron chi connectivity index (χ1n) is 6.80. The molecule has 0 bridgehead atoms. The van der Waals surface area contributed by atoms with Crippen molar-refractivity contribution in [3.8, 4) is 5.75 Å². The van der Waals surface area contributed by atoms with Gasteiger partial charge in [0.05, 0.1) is 18.3 Å². The number of hydrogen-bond donors (Lipinski definition) is 2. The van der Waals surface area contributed by atoms with Gasteiger partial charge < -0.3 is 10.1 Å². The van der Waals surface area contributed by atoms with Crippen molar-refractivity contribution in [2.75, 3.05) is 6.54 Å². The molecular weight excluding hydrogens is 273 g/mol. The minimum atomic E-state index is -0.347. The van der Waals surface area contributed by atoms with Gasteiger partial charge in [-0.3, -0.25) is 9.89 Å². The average molecular weight is 291 g/mol. The van der Waals surface area contributed by atoms with Gasteiger partial charge in [-0.15, -0.1) is 0 Å². The summed E-state index contributed by atoms with van der Waals surface area (Å²) >= 11 is 0. The number of aromatic nitrogens is 2. The summed E-state index contributed by atoms with van der Waals surface area (Å²) in [5.41, 5.74) is 1.22. The van der Waals surface area contributed by atoms with E-state index in [0.29, 0.717) is 30.0 Å². The molecule has 112 valence electrons. The first-order chi connectivity index (χ1) is 10.1. The lowest BCUT2D eigenvalue weighted by Gasteiger charge is -2.18. The molecule has 0 saturated heterocycles. The van der Waals surface area contributed by atoms with Crippen molar-refractivity contribution in [2.24, 2.45) is 0 Å². The largest absolute Gasteiger partial charge is 0.489 e. The number of hydrogen-bond acceptors (Lipinski definition) is 3. The number of ether oxygens (including phenoxy) is 1. The molecule has 0 aliphatic rings. The predicted molar refractivity (Wildman–Crippen MR) is 76.8 cm³/mol. The minimum absolute atomic E-state index is 0.206. The van der Waals surface area contributed by atoms with Gasteiger partial charge in [0.25, 0.3) is 5.91 Å². The van der Waals surface area contributed by atoms with E-state index in [9.17, 15) is 9.18 Å². The topological polar surface area (TPSA) is 67.0 Å². The van der Waals surface area contributed by atoms with Crippen LogP contribution in [0.2, 0.25) is 0 Å². The zero-order chi connectivity index (χ0) is 15.2. The van der Waals surface area contributed by atoms with Gasteiger partial charge in [0.2, 0.25) is 0 Å². The van der Waals surface area contributed by atoms with Crippen LogP contribution < -0.4 is 10.1 Å². The molecule has 0 aliphatic heterocycles. The maximum absolute atomic E-state index is 13.1. The Labute approximate surface area is 122 Å². The van der Waals surface area contributed by atoms with Gasteiger partial charge in [-0.1, -0.05) is 13.0 Å². The summed E-state index contributed by atoms with van der Waals surface area (Å²) in [6, 6.07) is 5.96. The SMILES string of the molecule is CCC(CNC(=O)c1cn[nH]c1C)Oc1cccc(F)c1. The van der Waals surface area contributed by atoms with Crippen LogP contribution in [-0.2, 0) is 0 Å². The van der Waals surface area contributed by atoms with Crippen LogP contribution in [0.1, 0.15) is 29.4 Å². The molecule has 2 rings (SSSR count). The fraction of sp³-hybridized carbons (Fsp3) is 0.333. The Hall–Kier alpha value is -2.37. The number of nitrogens with zero attached hydrogens (tertiary/aromatic N) is 1. The van der Waals surface area contributed by atoms with Crippen molar-refractivity contribution >= 4 is 5.91 Å². The van der Waals surface area contributed by atoms with Crippen LogP contribution in [0.5, 0.6) is 5.75 Å². The first-order valence-corrected chi connectivity index (χ1v) is 6.80. The van der Waals surface area contributed by atoms with Crippen molar-refractivity contribution in [1.29, 1.82) is 0 Å². The number of carbonyl (C=O) groups is 1. The van der Waals surface area contributed by atoms with Crippen molar-refractivity contribution in [3.63, 3.8) is 0 Å². The standard InChI is InChI=1S/C15H18FN3O2/c1-3-12(21-13-6-4-5-11(16)7-13)8-17-15(20)14-9-18-19-10(14)2/h4-7,9,12H,3,8H2,1-2H3,(H,17,20)(H,18,19). The average Bonchev–Trinajstić information content (AvgIpc) is 2.89. The monoisotopic (exact) mass is 291 g/mol. The molecular formula is C15H18FN3O2. The number of aryl methyl sites for hydroxylation is 1. The van der Waals surface area contributed by atoms with Crippen LogP contribution in [0.4, 0.5) is 4.39 Å².